The predicted molar refractivity (Wildman–Crippen MR) is 76.6 cm³/mol. The summed E-state index contributed by atoms with van der Waals surface area (Å²) in [5.74, 6) is 0.196. The molecule has 2 rings (SSSR count). The van der Waals surface area contributed by atoms with E-state index in [2.05, 4.69) is 4.98 Å². The molecule has 1 N–H and O–H groups in total. The molecule has 1 aromatic rings. The van der Waals surface area contributed by atoms with Gasteiger partial charge in [0.2, 0.25) is 0 Å². The maximum atomic E-state index is 11.7. The second-order valence-corrected chi connectivity index (χ2v) is 5.67. The fourth-order valence-electron chi connectivity index (χ4n) is 2.09. The number of halogens is 1. The van der Waals surface area contributed by atoms with Crippen LogP contribution in [-0.4, -0.2) is 22.3 Å². The standard InChI is InChI=1S/C10H13IN2O4S/c1-6-4-7(5-16-18-11)17-9(6)13-3-2-8(14)12-10(13)15/h2-3,6-7,9H,4-5H2,1H3,(H,12,14,15). The van der Waals surface area contributed by atoms with Crippen LogP contribution in [0.5, 0.6) is 0 Å². The van der Waals surface area contributed by atoms with Gasteiger partial charge in [-0.15, -0.1) is 0 Å². The van der Waals surface area contributed by atoms with Gasteiger partial charge in [-0.05, 0) is 6.42 Å². The van der Waals surface area contributed by atoms with Crippen molar-refractivity contribution in [3.63, 3.8) is 0 Å². The average molecular weight is 384 g/mol. The number of aromatic amines is 1. The van der Waals surface area contributed by atoms with Gasteiger partial charge in [0.25, 0.3) is 5.56 Å². The Morgan fingerprint density at radius 3 is 3.11 bits per heavy atom. The number of hydrogen-bond donors (Lipinski definition) is 1. The molecule has 1 saturated heterocycles. The van der Waals surface area contributed by atoms with Crippen LogP contribution in [-0.2, 0) is 8.92 Å². The minimum Gasteiger partial charge on any atom is -0.352 e. The lowest BCUT2D eigenvalue weighted by molar-refractivity contribution is -0.0268. The summed E-state index contributed by atoms with van der Waals surface area (Å²) in [6.45, 7) is 2.51. The van der Waals surface area contributed by atoms with Gasteiger partial charge < -0.3 is 8.92 Å². The molecule has 3 unspecified atom stereocenters. The fourth-order valence-corrected chi connectivity index (χ4v) is 2.74. The Kier molecular flexibility index (Phi) is 4.87. The molecule has 0 spiro atoms. The van der Waals surface area contributed by atoms with E-state index in [1.165, 1.54) is 26.0 Å². The number of aromatic nitrogens is 2. The van der Waals surface area contributed by atoms with E-state index in [0.717, 1.165) is 6.42 Å². The second-order valence-electron chi connectivity index (χ2n) is 4.23. The molecule has 1 aromatic heterocycles. The quantitative estimate of drug-likeness (QED) is 0.629. The molecule has 0 saturated carbocycles. The van der Waals surface area contributed by atoms with Crippen molar-refractivity contribution in [2.45, 2.75) is 25.7 Å². The number of H-pyrrole nitrogens is 1. The van der Waals surface area contributed by atoms with Gasteiger partial charge in [0, 0.05) is 39.4 Å². The highest BCUT2D eigenvalue weighted by Gasteiger charge is 2.34. The number of rotatable bonds is 4. The third-order valence-electron chi connectivity index (χ3n) is 2.88. The van der Waals surface area contributed by atoms with Crippen LogP contribution in [0.3, 0.4) is 0 Å². The Bertz CT molecular complexity index is 517. The van der Waals surface area contributed by atoms with Crippen LogP contribution in [0.25, 0.3) is 0 Å². The average Bonchev–Trinajstić information content (AvgIpc) is 2.68. The first kappa shape index (κ1) is 14.1. The normalized spacial score (nSPS) is 27.6. The van der Waals surface area contributed by atoms with Gasteiger partial charge in [-0.3, -0.25) is 14.3 Å². The fraction of sp³-hybridized carbons (Fsp3) is 0.600. The second kappa shape index (κ2) is 6.22. The van der Waals surface area contributed by atoms with Gasteiger partial charge in [-0.2, -0.15) is 0 Å². The van der Waals surface area contributed by atoms with Crippen LogP contribution < -0.4 is 11.2 Å². The summed E-state index contributed by atoms with van der Waals surface area (Å²) in [6.07, 6.45) is 1.93. The molecule has 0 aromatic carbocycles. The van der Waals surface area contributed by atoms with E-state index in [0.29, 0.717) is 6.61 Å². The smallest absolute Gasteiger partial charge is 0.330 e. The van der Waals surface area contributed by atoms with Gasteiger partial charge >= 0.3 is 5.69 Å². The summed E-state index contributed by atoms with van der Waals surface area (Å²) in [7, 11) is 1.27. The first-order valence-electron chi connectivity index (χ1n) is 5.49. The van der Waals surface area contributed by atoms with E-state index in [1.807, 2.05) is 28.1 Å². The van der Waals surface area contributed by atoms with E-state index in [9.17, 15) is 9.59 Å². The summed E-state index contributed by atoms with van der Waals surface area (Å²) >= 11 is 2.05. The number of nitrogens with one attached hydrogen (secondary N) is 1. The zero-order valence-electron chi connectivity index (χ0n) is 9.67. The van der Waals surface area contributed by atoms with E-state index in [4.69, 9.17) is 8.92 Å². The van der Waals surface area contributed by atoms with Crippen LogP contribution in [0.2, 0.25) is 0 Å². The molecule has 0 aliphatic carbocycles. The minimum atomic E-state index is -0.441. The highest BCUT2D eigenvalue weighted by atomic mass is 127. The molecule has 1 aliphatic heterocycles. The van der Waals surface area contributed by atoms with Crippen LogP contribution in [0.4, 0.5) is 0 Å². The molecule has 8 heteroatoms. The zero-order valence-corrected chi connectivity index (χ0v) is 12.6. The lowest BCUT2D eigenvalue weighted by Gasteiger charge is -2.17. The molecule has 3 atom stereocenters. The van der Waals surface area contributed by atoms with Crippen molar-refractivity contribution in [1.82, 2.24) is 9.55 Å². The lowest BCUT2D eigenvalue weighted by Crippen LogP contribution is -2.33. The van der Waals surface area contributed by atoms with Crippen molar-refractivity contribution in [3.05, 3.63) is 33.1 Å². The van der Waals surface area contributed by atoms with E-state index in [-0.39, 0.29) is 18.2 Å². The van der Waals surface area contributed by atoms with Crippen molar-refractivity contribution < 1.29 is 8.92 Å². The van der Waals surface area contributed by atoms with Crippen molar-refractivity contribution in [1.29, 1.82) is 0 Å². The molecule has 1 aliphatic rings. The first-order valence-corrected chi connectivity index (χ1v) is 8.77. The molecule has 18 heavy (non-hydrogen) atoms. The van der Waals surface area contributed by atoms with E-state index < -0.39 is 11.2 Å². The SMILES string of the molecule is CC1CC(COSI)OC1n1ccc(=O)[nH]c1=O. The molecular weight excluding hydrogens is 371 g/mol. The molecule has 0 amide bonds. The maximum absolute atomic E-state index is 11.7. The Morgan fingerprint density at radius 2 is 2.44 bits per heavy atom. The molecule has 0 bridgehead atoms. The zero-order chi connectivity index (χ0) is 13.1. The molecular formula is C10H13IN2O4S. The molecule has 0 radical (unpaired) electrons. The maximum Gasteiger partial charge on any atom is 0.330 e. The van der Waals surface area contributed by atoms with Crippen molar-refractivity contribution in [3.8, 4) is 0 Å². The highest BCUT2D eigenvalue weighted by Crippen LogP contribution is 2.33. The lowest BCUT2D eigenvalue weighted by atomic mass is 10.1. The predicted octanol–water partition coefficient (Wildman–Crippen LogP) is 1.47. The Labute approximate surface area is 120 Å². The van der Waals surface area contributed by atoms with Crippen LogP contribution in [0.1, 0.15) is 19.6 Å². The first-order chi connectivity index (χ1) is 8.61. The largest absolute Gasteiger partial charge is 0.352 e. The molecule has 1 fully saturated rings. The number of hydrogen-bond acceptors (Lipinski definition) is 5. The number of nitrogens with zero attached hydrogens (tertiary/aromatic N) is 1. The van der Waals surface area contributed by atoms with E-state index in [1.54, 1.807) is 0 Å². The summed E-state index contributed by atoms with van der Waals surface area (Å²) in [6, 6.07) is 1.32. The van der Waals surface area contributed by atoms with Crippen LogP contribution in [0, 0.1) is 5.92 Å². The Hall–Kier alpha value is -0.320. The molecule has 100 valence electrons. The van der Waals surface area contributed by atoms with Crippen LogP contribution in [0.15, 0.2) is 21.9 Å². The highest BCUT2D eigenvalue weighted by molar-refractivity contribution is 14.2. The Morgan fingerprint density at radius 1 is 1.67 bits per heavy atom. The van der Waals surface area contributed by atoms with Gasteiger partial charge in [-0.1, -0.05) is 6.92 Å². The van der Waals surface area contributed by atoms with Gasteiger partial charge in [-0.25, -0.2) is 4.79 Å². The van der Waals surface area contributed by atoms with Crippen LogP contribution >= 0.6 is 30.4 Å². The van der Waals surface area contributed by atoms with E-state index >= 15 is 0 Å². The summed E-state index contributed by atoms with van der Waals surface area (Å²) < 4.78 is 12.4. The van der Waals surface area contributed by atoms with Gasteiger partial charge in [0.1, 0.15) is 6.23 Å². The van der Waals surface area contributed by atoms with Crippen molar-refractivity contribution in [2.24, 2.45) is 5.92 Å². The third kappa shape index (κ3) is 3.16. The van der Waals surface area contributed by atoms with Crippen molar-refractivity contribution >= 4 is 30.4 Å². The summed E-state index contributed by atoms with van der Waals surface area (Å²) in [4.78, 5) is 24.9. The topological polar surface area (TPSA) is 73.3 Å². The summed E-state index contributed by atoms with van der Waals surface area (Å²) in [5.41, 5.74) is -0.840. The summed E-state index contributed by atoms with van der Waals surface area (Å²) in [5, 5.41) is 0. The van der Waals surface area contributed by atoms with Crippen molar-refractivity contribution in [2.75, 3.05) is 6.61 Å². The Balaban J connectivity index is 2.14. The number of ether oxygens (including phenoxy) is 1. The van der Waals surface area contributed by atoms with Gasteiger partial charge in [0.05, 0.1) is 21.9 Å². The minimum absolute atomic E-state index is 0.0221. The third-order valence-corrected chi connectivity index (χ3v) is 3.87. The monoisotopic (exact) mass is 384 g/mol. The molecule has 2 heterocycles. The molecule has 6 nitrogen and oxygen atoms in total. The van der Waals surface area contributed by atoms with Gasteiger partial charge in [0.15, 0.2) is 0 Å².